The van der Waals surface area contributed by atoms with Crippen molar-refractivity contribution in [2.75, 3.05) is 6.61 Å². The van der Waals surface area contributed by atoms with Crippen LogP contribution >= 0.6 is 0 Å². The lowest BCUT2D eigenvalue weighted by atomic mass is 9.67. The van der Waals surface area contributed by atoms with Gasteiger partial charge in [0.25, 0.3) is 0 Å². The minimum atomic E-state index is -1.75. The van der Waals surface area contributed by atoms with Crippen LogP contribution < -0.4 is 0 Å². The molecule has 0 spiro atoms. The van der Waals surface area contributed by atoms with Crippen molar-refractivity contribution in [3.05, 3.63) is 0 Å². The van der Waals surface area contributed by atoms with E-state index in [1.807, 2.05) is 0 Å². The fraction of sp³-hybridized carbons (Fsp3) is 0.895. The third-order valence-electron chi connectivity index (χ3n) is 5.66. The van der Waals surface area contributed by atoms with E-state index in [0.717, 1.165) is 12.8 Å². The summed E-state index contributed by atoms with van der Waals surface area (Å²) in [6.07, 6.45) is 3.07. The second kappa shape index (κ2) is 7.07. The van der Waals surface area contributed by atoms with Crippen molar-refractivity contribution in [3.8, 4) is 11.8 Å². The average molecular weight is 325 g/mol. The Bertz CT molecular complexity index is 425. The molecule has 1 saturated carbocycles. The zero-order chi connectivity index (χ0) is 17.2. The summed E-state index contributed by atoms with van der Waals surface area (Å²) in [5, 5.41) is 11.2. The largest absolute Gasteiger partial charge is 0.406 e. The van der Waals surface area contributed by atoms with Crippen LogP contribution in [0.1, 0.15) is 60.8 Å². The normalized spacial score (nSPS) is 30.1. The molecule has 22 heavy (non-hydrogen) atoms. The standard InChI is InChI=1S/C19H36O2Si/c1-15(2)17-11-10-16(3)14-19(17,20)12-9-13-21-22(7,8)18(4,5)6/h15-17,20H,10-11,13-14H2,1-8H3/t16-,17+,19+/m1/s1. The van der Waals surface area contributed by atoms with Gasteiger partial charge in [-0.15, -0.1) is 0 Å². The van der Waals surface area contributed by atoms with Crippen molar-refractivity contribution >= 4 is 8.32 Å². The Hall–Kier alpha value is -0.303. The van der Waals surface area contributed by atoms with Crippen LogP contribution in [0.25, 0.3) is 0 Å². The maximum Gasteiger partial charge on any atom is 0.193 e. The molecule has 128 valence electrons. The molecule has 3 heteroatoms. The lowest BCUT2D eigenvalue weighted by Gasteiger charge is -2.41. The number of hydrogen-bond acceptors (Lipinski definition) is 2. The van der Waals surface area contributed by atoms with Crippen LogP contribution in [0.4, 0.5) is 0 Å². The van der Waals surface area contributed by atoms with Gasteiger partial charge in [-0.25, -0.2) is 0 Å². The second-order valence-electron chi connectivity index (χ2n) is 9.01. The molecule has 1 aliphatic rings. The van der Waals surface area contributed by atoms with E-state index in [1.54, 1.807) is 0 Å². The highest BCUT2D eigenvalue weighted by molar-refractivity contribution is 6.74. The smallest absolute Gasteiger partial charge is 0.193 e. The van der Waals surface area contributed by atoms with E-state index in [1.165, 1.54) is 6.42 Å². The second-order valence-corrected chi connectivity index (χ2v) is 13.8. The first-order valence-corrected chi connectivity index (χ1v) is 11.7. The van der Waals surface area contributed by atoms with Gasteiger partial charge < -0.3 is 9.53 Å². The van der Waals surface area contributed by atoms with E-state index in [-0.39, 0.29) is 11.0 Å². The zero-order valence-electron chi connectivity index (χ0n) is 15.9. The van der Waals surface area contributed by atoms with Crippen molar-refractivity contribution in [2.45, 2.75) is 84.5 Å². The predicted molar refractivity (Wildman–Crippen MR) is 97.2 cm³/mol. The first-order valence-electron chi connectivity index (χ1n) is 8.75. The fourth-order valence-electron chi connectivity index (χ4n) is 3.14. The molecule has 0 amide bonds. The van der Waals surface area contributed by atoms with Crippen LogP contribution in [-0.4, -0.2) is 25.6 Å². The quantitative estimate of drug-likeness (QED) is 0.595. The average Bonchev–Trinajstić information content (AvgIpc) is 2.32. The van der Waals surface area contributed by atoms with Crippen molar-refractivity contribution in [1.29, 1.82) is 0 Å². The van der Waals surface area contributed by atoms with E-state index < -0.39 is 13.9 Å². The molecule has 0 bridgehead atoms. The SMILES string of the molecule is CC(C)[C@@H]1CC[C@@H](C)C[C@@]1(O)C#CCO[Si](C)(C)C(C)(C)C. The van der Waals surface area contributed by atoms with E-state index in [4.69, 9.17) is 4.43 Å². The Balaban J connectivity index is 2.75. The monoisotopic (exact) mass is 324 g/mol. The Kier molecular flexibility index (Phi) is 6.35. The lowest BCUT2D eigenvalue weighted by molar-refractivity contribution is -0.0327. The first-order chi connectivity index (χ1) is 9.89. The fourth-order valence-corrected chi connectivity index (χ4v) is 4.00. The van der Waals surface area contributed by atoms with Crippen molar-refractivity contribution in [2.24, 2.45) is 17.8 Å². The minimum Gasteiger partial charge on any atom is -0.406 e. The van der Waals surface area contributed by atoms with E-state index >= 15 is 0 Å². The van der Waals surface area contributed by atoms with Gasteiger partial charge in [-0.3, -0.25) is 0 Å². The van der Waals surface area contributed by atoms with Gasteiger partial charge in [0.1, 0.15) is 5.60 Å². The molecule has 0 aliphatic heterocycles. The Labute approximate surface area is 139 Å². The maximum atomic E-state index is 11.0. The van der Waals surface area contributed by atoms with Crippen LogP contribution in [0, 0.1) is 29.6 Å². The van der Waals surface area contributed by atoms with Gasteiger partial charge in [-0.2, -0.15) is 0 Å². The molecule has 1 N–H and O–H groups in total. The summed E-state index contributed by atoms with van der Waals surface area (Å²) in [4.78, 5) is 0. The van der Waals surface area contributed by atoms with Gasteiger partial charge in [0.2, 0.25) is 0 Å². The van der Waals surface area contributed by atoms with Gasteiger partial charge in [0.05, 0.1) is 6.61 Å². The van der Waals surface area contributed by atoms with Crippen molar-refractivity contribution < 1.29 is 9.53 Å². The van der Waals surface area contributed by atoms with Gasteiger partial charge in [-0.05, 0) is 42.8 Å². The zero-order valence-corrected chi connectivity index (χ0v) is 16.9. The molecule has 1 fully saturated rings. The summed E-state index contributed by atoms with van der Waals surface area (Å²) in [5.74, 6) is 7.63. The molecule has 1 rings (SSSR count). The minimum absolute atomic E-state index is 0.200. The van der Waals surface area contributed by atoms with Crippen molar-refractivity contribution in [3.63, 3.8) is 0 Å². The summed E-state index contributed by atoms with van der Waals surface area (Å²) in [5.41, 5.74) is -0.831. The van der Waals surface area contributed by atoms with E-state index in [2.05, 4.69) is 66.5 Å². The van der Waals surface area contributed by atoms with Crippen LogP contribution in [0.2, 0.25) is 18.1 Å². The molecule has 1 aliphatic carbocycles. The highest BCUT2D eigenvalue weighted by Crippen LogP contribution is 2.40. The third kappa shape index (κ3) is 4.85. The highest BCUT2D eigenvalue weighted by atomic mass is 28.4. The van der Waals surface area contributed by atoms with Gasteiger partial charge in [0.15, 0.2) is 8.32 Å². The molecule has 0 radical (unpaired) electrons. The predicted octanol–water partition coefficient (Wildman–Crippen LogP) is 4.83. The molecule has 2 nitrogen and oxygen atoms in total. The number of aliphatic hydroxyl groups is 1. The molecule has 0 heterocycles. The topological polar surface area (TPSA) is 29.5 Å². The van der Waals surface area contributed by atoms with Gasteiger partial charge >= 0.3 is 0 Å². The van der Waals surface area contributed by atoms with Crippen LogP contribution in [-0.2, 0) is 4.43 Å². The molecule has 0 saturated heterocycles. The molecule has 0 aromatic rings. The summed E-state index contributed by atoms with van der Waals surface area (Å²) in [6.45, 7) is 18.2. The summed E-state index contributed by atoms with van der Waals surface area (Å²) >= 11 is 0. The summed E-state index contributed by atoms with van der Waals surface area (Å²) in [7, 11) is -1.75. The maximum absolute atomic E-state index is 11.0. The van der Waals surface area contributed by atoms with E-state index in [9.17, 15) is 5.11 Å². The summed E-state index contributed by atoms with van der Waals surface area (Å²) < 4.78 is 6.11. The van der Waals surface area contributed by atoms with Crippen LogP contribution in [0.15, 0.2) is 0 Å². The number of rotatable bonds is 3. The molecule has 0 aromatic heterocycles. The molecule has 3 atom stereocenters. The van der Waals surface area contributed by atoms with Gasteiger partial charge in [0, 0.05) is 5.92 Å². The Morgan fingerprint density at radius 3 is 2.36 bits per heavy atom. The Morgan fingerprint density at radius 2 is 1.86 bits per heavy atom. The highest BCUT2D eigenvalue weighted by Gasteiger charge is 2.41. The number of hydrogen-bond donors (Lipinski definition) is 1. The first kappa shape index (κ1) is 19.7. The lowest BCUT2D eigenvalue weighted by Crippen LogP contribution is -2.44. The van der Waals surface area contributed by atoms with E-state index in [0.29, 0.717) is 18.4 Å². The van der Waals surface area contributed by atoms with Gasteiger partial charge in [-0.1, -0.05) is 59.8 Å². The van der Waals surface area contributed by atoms with Crippen LogP contribution in [0.3, 0.4) is 0 Å². The third-order valence-corrected chi connectivity index (χ3v) is 10.1. The summed E-state index contributed by atoms with van der Waals surface area (Å²) in [6, 6.07) is 0. The molecular weight excluding hydrogens is 288 g/mol. The Morgan fingerprint density at radius 1 is 1.27 bits per heavy atom. The van der Waals surface area contributed by atoms with Crippen molar-refractivity contribution in [1.82, 2.24) is 0 Å². The van der Waals surface area contributed by atoms with Crippen LogP contribution in [0.5, 0.6) is 0 Å². The molecule has 0 unspecified atom stereocenters. The molecular formula is C19H36O2Si. The molecule has 0 aromatic carbocycles.